The van der Waals surface area contributed by atoms with Gasteiger partial charge in [0.15, 0.2) is 5.65 Å². The molecule has 34 heavy (non-hydrogen) atoms. The first-order valence-corrected chi connectivity index (χ1v) is 10.8. The van der Waals surface area contributed by atoms with Gasteiger partial charge >= 0.3 is 0 Å². The summed E-state index contributed by atoms with van der Waals surface area (Å²) in [5.41, 5.74) is 6.39. The summed E-state index contributed by atoms with van der Waals surface area (Å²) in [6.07, 6.45) is 3.56. The van der Waals surface area contributed by atoms with Crippen molar-refractivity contribution in [3.05, 3.63) is 84.7 Å². The molecule has 3 aromatic heterocycles. The number of hydrogen-bond acceptors (Lipinski definition) is 5. The number of aromatic nitrogens is 4. The van der Waals surface area contributed by atoms with E-state index in [1.54, 1.807) is 38.5 Å². The molecule has 0 atom stereocenters. The molecule has 0 radical (unpaired) electrons. The number of hydrogen-bond donors (Lipinski definition) is 1. The Morgan fingerprint density at radius 3 is 2.56 bits per heavy atom. The van der Waals surface area contributed by atoms with Gasteiger partial charge in [-0.15, -0.1) is 0 Å². The van der Waals surface area contributed by atoms with E-state index < -0.39 is 0 Å². The first kappa shape index (κ1) is 21.3. The van der Waals surface area contributed by atoms with Crippen molar-refractivity contribution in [2.45, 2.75) is 0 Å². The molecule has 1 N–H and O–H groups in total. The van der Waals surface area contributed by atoms with Gasteiger partial charge in [-0.3, -0.25) is 14.9 Å². The Morgan fingerprint density at radius 2 is 1.74 bits per heavy atom. The SMILES string of the molecule is COc1cccnc1-c1cccc(-c2cnc3n[nH]c(-c4ccccc4C(=O)N(C)C)c3c2)c1. The smallest absolute Gasteiger partial charge is 0.254 e. The quantitative estimate of drug-likeness (QED) is 0.405. The average molecular weight is 450 g/mol. The minimum Gasteiger partial charge on any atom is -0.494 e. The fourth-order valence-electron chi connectivity index (χ4n) is 4.01. The second kappa shape index (κ2) is 8.78. The van der Waals surface area contributed by atoms with Gasteiger partial charge in [0.05, 0.1) is 12.8 Å². The molecule has 0 aliphatic heterocycles. The molecule has 0 saturated carbocycles. The van der Waals surface area contributed by atoms with Crippen LogP contribution in [-0.4, -0.2) is 52.2 Å². The van der Waals surface area contributed by atoms with Crippen molar-refractivity contribution in [2.24, 2.45) is 0 Å². The lowest BCUT2D eigenvalue weighted by atomic mass is 9.99. The maximum atomic E-state index is 12.8. The molecule has 7 nitrogen and oxygen atoms in total. The van der Waals surface area contributed by atoms with Crippen molar-refractivity contribution in [1.82, 2.24) is 25.1 Å². The van der Waals surface area contributed by atoms with E-state index in [4.69, 9.17) is 4.74 Å². The highest BCUT2D eigenvalue weighted by Gasteiger charge is 2.18. The number of methoxy groups -OCH3 is 1. The molecule has 0 unspecified atom stereocenters. The monoisotopic (exact) mass is 449 g/mol. The van der Waals surface area contributed by atoms with Crippen molar-refractivity contribution in [1.29, 1.82) is 0 Å². The van der Waals surface area contributed by atoms with Gasteiger partial charge in [-0.25, -0.2) is 4.98 Å². The summed E-state index contributed by atoms with van der Waals surface area (Å²) < 4.78 is 5.49. The van der Waals surface area contributed by atoms with Crippen LogP contribution in [0.5, 0.6) is 5.75 Å². The third-order valence-corrected chi connectivity index (χ3v) is 5.70. The van der Waals surface area contributed by atoms with E-state index in [0.717, 1.165) is 39.0 Å². The number of carbonyl (C=O) groups excluding carboxylic acids is 1. The minimum absolute atomic E-state index is 0.0699. The van der Waals surface area contributed by atoms with E-state index in [0.29, 0.717) is 17.0 Å². The number of pyridine rings is 2. The van der Waals surface area contributed by atoms with E-state index in [1.165, 1.54) is 0 Å². The Balaban J connectivity index is 1.62. The fraction of sp³-hybridized carbons (Fsp3) is 0.111. The van der Waals surface area contributed by atoms with Crippen LogP contribution < -0.4 is 4.74 Å². The molecule has 5 rings (SSSR count). The van der Waals surface area contributed by atoms with Gasteiger partial charge in [0, 0.05) is 54.1 Å². The van der Waals surface area contributed by atoms with E-state index in [1.807, 2.05) is 60.7 Å². The number of ether oxygens (including phenoxy) is 1. The van der Waals surface area contributed by atoms with Crippen LogP contribution in [0.4, 0.5) is 0 Å². The summed E-state index contributed by atoms with van der Waals surface area (Å²) in [5, 5.41) is 8.31. The fourth-order valence-corrected chi connectivity index (χ4v) is 4.01. The Labute approximate surface area is 197 Å². The molecular weight excluding hydrogens is 426 g/mol. The van der Waals surface area contributed by atoms with Crippen molar-refractivity contribution in [3.63, 3.8) is 0 Å². The van der Waals surface area contributed by atoms with Gasteiger partial charge in [-0.2, -0.15) is 5.10 Å². The second-order valence-electron chi connectivity index (χ2n) is 8.07. The van der Waals surface area contributed by atoms with Crippen LogP contribution in [0.25, 0.3) is 44.7 Å². The Bertz CT molecular complexity index is 1510. The van der Waals surface area contributed by atoms with E-state index in [2.05, 4.69) is 26.2 Å². The van der Waals surface area contributed by atoms with Crippen molar-refractivity contribution >= 4 is 16.9 Å². The highest BCUT2D eigenvalue weighted by Crippen LogP contribution is 2.34. The highest BCUT2D eigenvalue weighted by molar-refractivity contribution is 6.04. The molecule has 0 saturated heterocycles. The zero-order valence-electron chi connectivity index (χ0n) is 19.1. The number of carbonyl (C=O) groups is 1. The minimum atomic E-state index is -0.0699. The molecule has 0 spiro atoms. The highest BCUT2D eigenvalue weighted by atomic mass is 16.5. The zero-order valence-corrected chi connectivity index (χ0v) is 19.1. The van der Waals surface area contributed by atoms with E-state index in [9.17, 15) is 4.79 Å². The summed E-state index contributed by atoms with van der Waals surface area (Å²) >= 11 is 0. The van der Waals surface area contributed by atoms with Crippen LogP contribution in [0.2, 0.25) is 0 Å². The molecule has 2 aromatic carbocycles. The van der Waals surface area contributed by atoms with Gasteiger partial charge < -0.3 is 9.64 Å². The van der Waals surface area contributed by atoms with Crippen LogP contribution in [0.3, 0.4) is 0 Å². The Hall–Kier alpha value is -4.52. The van der Waals surface area contributed by atoms with E-state index in [-0.39, 0.29) is 5.91 Å². The molecule has 5 aromatic rings. The maximum Gasteiger partial charge on any atom is 0.254 e. The summed E-state index contributed by atoms with van der Waals surface area (Å²) in [4.78, 5) is 23.4. The molecule has 3 heterocycles. The van der Waals surface area contributed by atoms with Crippen molar-refractivity contribution in [3.8, 4) is 39.4 Å². The second-order valence-corrected chi connectivity index (χ2v) is 8.07. The Morgan fingerprint density at radius 1 is 0.912 bits per heavy atom. The number of amides is 1. The molecule has 7 heteroatoms. The normalized spacial score (nSPS) is 10.9. The molecule has 168 valence electrons. The number of nitrogens with zero attached hydrogens (tertiary/aromatic N) is 4. The molecule has 1 amide bonds. The van der Waals surface area contributed by atoms with Crippen molar-refractivity contribution < 1.29 is 9.53 Å². The average Bonchev–Trinajstić information content (AvgIpc) is 3.31. The lowest BCUT2D eigenvalue weighted by molar-refractivity contribution is 0.0828. The number of nitrogens with one attached hydrogen (secondary N) is 1. The number of H-pyrrole nitrogens is 1. The van der Waals surface area contributed by atoms with Crippen LogP contribution in [0, 0.1) is 0 Å². The van der Waals surface area contributed by atoms with Crippen molar-refractivity contribution in [2.75, 3.05) is 21.2 Å². The van der Waals surface area contributed by atoms with Crippen LogP contribution in [-0.2, 0) is 0 Å². The first-order valence-electron chi connectivity index (χ1n) is 10.8. The summed E-state index contributed by atoms with van der Waals surface area (Å²) in [6, 6.07) is 21.4. The first-order chi connectivity index (χ1) is 16.6. The number of rotatable bonds is 5. The zero-order chi connectivity index (χ0) is 23.7. The Kier molecular flexibility index (Phi) is 5.51. The number of aromatic amines is 1. The third-order valence-electron chi connectivity index (χ3n) is 5.70. The summed E-state index contributed by atoms with van der Waals surface area (Å²) in [5.74, 6) is 0.645. The summed E-state index contributed by atoms with van der Waals surface area (Å²) in [6.45, 7) is 0. The predicted molar refractivity (Wildman–Crippen MR) is 133 cm³/mol. The van der Waals surface area contributed by atoms with E-state index >= 15 is 0 Å². The van der Waals surface area contributed by atoms with Gasteiger partial charge in [0.2, 0.25) is 0 Å². The molecule has 0 fully saturated rings. The van der Waals surface area contributed by atoms with Crippen LogP contribution >= 0.6 is 0 Å². The largest absolute Gasteiger partial charge is 0.494 e. The predicted octanol–water partition coefficient (Wildman–Crippen LogP) is 5.06. The molecular formula is C27H23N5O2. The number of fused-ring (bicyclic) bond motifs is 1. The van der Waals surface area contributed by atoms with Crippen LogP contribution in [0.1, 0.15) is 10.4 Å². The van der Waals surface area contributed by atoms with Crippen LogP contribution in [0.15, 0.2) is 79.1 Å². The molecule has 0 bridgehead atoms. The third kappa shape index (κ3) is 3.77. The standard InChI is InChI=1S/C27H23N5O2/c1-32(2)27(33)21-11-5-4-10-20(21)25-22-15-19(16-29-26(22)31-30-25)17-8-6-9-18(14-17)24-23(34-3)12-7-13-28-24/h4-16H,1-3H3,(H,29,30,31). The molecule has 0 aliphatic rings. The number of benzene rings is 2. The lowest BCUT2D eigenvalue weighted by Crippen LogP contribution is -2.22. The van der Waals surface area contributed by atoms with Gasteiger partial charge in [-0.1, -0.05) is 36.4 Å². The topological polar surface area (TPSA) is 84.0 Å². The van der Waals surface area contributed by atoms with Gasteiger partial charge in [-0.05, 0) is 35.9 Å². The van der Waals surface area contributed by atoms with Gasteiger partial charge in [0.25, 0.3) is 5.91 Å². The maximum absolute atomic E-state index is 12.8. The van der Waals surface area contributed by atoms with Gasteiger partial charge in [0.1, 0.15) is 11.4 Å². The summed E-state index contributed by atoms with van der Waals surface area (Å²) in [7, 11) is 5.13. The molecule has 0 aliphatic carbocycles. The lowest BCUT2D eigenvalue weighted by Gasteiger charge is -2.13.